The number of rotatable bonds is 6. The van der Waals surface area contributed by atoms with Crippen LogP contribution in [0, 0.1) is 0 Å². The molecule has 0 bridgehead atoms. The van der Waals surface area contributed by atoms with Crippen molar-refractivity contribution >= 4 is 21.6 Å². The highest BCUT2D eigenvalue weighted by Crippen LogP contribution is 2.29. The summed E-state index contributed by atoms with van der Waals surface area (Å²) < 4.78 is 69.7. The summed E-state index contributed by atoms with van der Waals surface area (Å²) in [6, 6.07) is 9.82. The number of carbonyl (C=O) groups excluding carboxylic acids is 1. The van der Waals surface area contributed by atoms with E-state index in [0.29, 0.717) is 18.8 Å². The summed E-state index contributed by atoms with van der Waals surface area (Å²) >= 11 is 0. The summed E-state index contributed by atoms with van der Waals surface area (Å²) in [7, 11) is -3.55. The smallest absolute Gasteiger partial charge is 0.416 e. The van der Waals surface area contributed by atoms with E-state index in [9.17, 15) is 26.4 Å². The van der Waals surface area contributed by atoms with Crippen LogP contribution in [0.5, 0.6) is 5.75 Å². The molecule has 30 heavy (non-hydrogen) atoms. The zero-order valence-electron chi connectivity index (χ0n) is 16.0. The van der Waals surface area contributed by atoms with E-state index >= 15 is 0 Å². The molecule has 162 valence electrons. The lowest BCUT2D eigenvalue weighted by atomic mass is 10.2. The Labute approximate surface area is 172 Å². The van der Waals surface area contributed by atoms with Gasteiger partial charge in [0, 0.05) is 18.8 Å². The van der Waals surface area contributed by atoms with Gasteiger partial charge in [-0.25, -0.2) is 8.42 Å². The van der Waals surface area contributed by atoms with Crippen LogP contribution in [0.25, 0.3) is 0 Å². The van der Waals surface area contributed by atoms with Crippen LogP contribution in [0.15, 0.2) is 53.4 Å². The van der Waals surface area contributed by atoms with Crippen LogP contribution in [-0.2, 0) is 21.0 Å². The molecule has 0 aromatic heterocycles. The molecule has 0 atom stereocenters. The first kappa shape index (κ1) is 22.1. The van der Waals surface area contributed by atoms with Crippen molar-refractivity contribution in [2.24, 2.45) is 0 Å². The third-order valence-corrected chi connectivity index (χ3v) is 6.56. The highest BCUT2D eigenvalue weighted by molar-refractivity contribution is 7.89. The number of amides is 1. The lowest BCUT2D eigenvalue weighted by Gasteiger charge is -2.25. The van der Waals surface area contributed by atoms with Gasteiger partial charge in [0.15, 0.2) is 6.61 Å². The number of ether oxygens (including phenoxy) is 1. The van der Waals surface area contributed by atoms with Gasteiger partial charge in [0.2, 0.25) is 10.0 Å². The minimum atomic E-state index is -4.45. The molecule has 0 unspecified atom stereocenters. The second-order valence-corrected chi connectivity index (χ2v) is 8.79. The number of piperidine rings is 1. The van der Waals surface area contributed by atoms with Crippen molar-refractivity contribution in [3.05, 3.63) is 54.1 Å². The summed E-state index contributed by atoms with van der Waals surface area (Å²) in [4.78, 5) is 12.1. The maximum absolute atomic E-state index is 12.6. The van der Waals surface area contributed by atoms with Gasteiger partial charge in [-0.3, -0.25) is 4.79 Å². The van der Waals surface area contributed by atoms with Gasteiger partial charge in [-0.1, -0.05) is 6.42 Å². The molecule has 1 heterocycles. The highest BCUT2D eigenvalue weighted by Gasteiger charge is 2.30. The predicted molar refractivity (Wildman–Crippen MR) is 105 cm³/mol. The Bertz CT molecular complexity index is 969. The fourth-order valence-electron chi connectivity index (χ4n) is 3.05. The van der Waals surface area contributed by atoms with Crippen molar-refractivity contribution in [1.82, 2.24) is 4.31 Å². The van der Waals surface area contributed by atoms with E-state index in [2.05, 4.69) is 5.32 Å². The van der Waals surface area contributed by atoms with Gasteiger partial charge < -0.3 is 10.1 Å². The number of hydrogen-bond acceptors (Lipinski definition) is 4. The number of nitrogens with one attached hydrogen (secondary N) is 1. The van der Waals surface area contributed by atoms with Crippen LogP contribution in [0.2, 0.25) is 0 Å². The Morgan fingerprint density at radius 1 is 0.967 bits per heavy atom. The molecule has 10 heteroatoms. The van der Waals surface area contributed by atoms with E-state index in [-0.39, 0.29) is 17.2 Å². The van der Waals surface area contributed by atoms with Crippen LogP contribution in [-0.4, -0.2) is 38.3 Å². The molecule has 1 aliphatic rings. The number of alkyl halides is 3. The molecule has 0 aliphatic carbocycles. The van der Waals surface area contributed by atoms with E-state index in [1.54, 1.807) is 0 Å². The molecular weight excluding hydrogens is 421 g/mol. The van der Waals surface area contributed by atoms with E-state index in [1.165, 1.54) is 28.6 Å². The summed E-state index contributed by atoms with van der Waals surface area (Å²) in [6.07, 6.45) is -1.74. The second-order valence-electron chi connectivity index (χ2n) is 6.85. The lowest BCUT2D eigenvalue weighted by molar-refractivity contribution is -0.137. The average molecular weight is 442 g/mol. The predicted octanol–water partition coefficient (Wildman–Crippen LogP) is 3.90. The largest absolute Gasteiger partial charge is 0.484 e. The lowest BCUT2D eigenvalue weighted by Crippen LogP contribution is -2.35. The average Bonchev–Trinajstić information content (AvgIpc) is 2.73. The third-order valence-electron chi connectivity index (χ3n) is 4.64. The van der Waals surface area contributed by atoms with Crippen molar-refractivity contribution in [1.29, 1.82) is 0 Å². The topological polar surface area (TPSA) is 75.7 Å². The molecule has 1 N–H and O–H groups in total. The third kappa shape index (κ3) is 5.51. The van der Waals surface area contributed by atoms with E-state index in [4.69, 9.17) is 4.74 Å². The maximum atomic E-state index is 12.6. The van der Waals surface area contributed by atoms with Crippen LogP contribution in [0.4, 0.5) is 18.9 Å². The Balaban J connectivity index is 1.54. The van der Waals surface area contributed by atoms with E-state index < -0.39 is 27.7 Å². The Kier molecular flexibility index (Phi) is 6.67. The summed E-state index contributed by atoms with van der Waals surface area (Å²) in [6.45, 7) is 0.634. The number of hydrogen-bond donors (Lipinski definition) is 1. The first-order chi connectivity index (χ1) is 14.2. The molecular formula is C20H21F3N2O4S. The summed E-state index contributed by atoms with van der Waals surface area (Å²) in [5.41, 5.74) is -0.601. The van der Waals surface area contributed by atoms with Crippen LogP contribution < -0.4 is 10.1 Å². The number of nitrogens with zero attached hydrogens (tertiary/aromatic N) is 1. The second kappa shape index (κ2) is 9.05. The van der Waals surface area contributed by atoms with Crippen molar-refractivity contribution in [2.45, 2.75) is 30.3 Å². The zero-order valence-corrected chi connectivity index (χ0v) is 16.8. The van der Waals surface area contributed by atoms with Crippen LogP contribution in [0.3, 0.4) is 0 Å². The molecule has 6 nitrogen and oxygen atoms in total. The monoisotopic (exact) mass is 442 g/mol. The number of sulfonamides is 1. The normalized spacial score (nSPS) is 15.6. The first-order valence-corrected chi connectivity index (χ1v) is 10.8. The Morgan fingerprint density at radius 2 is 1.57 bits per heavy atom. The quantitative estimate of drug-likeness (QED) is 0.736. The number of benzene rings is 2. The van der Waals surface area contributed by atoms with Gasteiger partial charge in [-0.05, 0) is 61.4 Å². The molecule has 2 aromatic carbocycles. The fraction of sp³-hybridized carbons (Fsp3) is 0.350. The highest BCUT2D eigenvalue weighted by atomic mass is 32.2. The van der Waals surface area contributed by atoms with Gasteiger partial charge in [0.25, 0.3) is 5.91 Å². The van der Waals surface area contributed by atoms with Crippen LogP contribution >= 0.6 is 0 Å². The molecule has 0 radical (unpaired) electrons. The SMILES string of the molecule is O=C(COc1ccc(S(=O)(=O)N2CCCCC2)cc1)Nc1ccc(C(F)(F)F)cc1. The van der Waals surface area contributed by atoms with Crippen molar-refractivity contribution in [2.75, 3.05) is 25.0 Å². The first-order valence-electron chi connectivity index (χ1n) is 9.36. The van der Waals surface area contributed by atoms with Crippen molar-refractivity contribution < 1.29 is 31.1 Å². The minimum absolute atomic E-state index is 0.158. The van der Waals surface area contributed by atoms with E-state index in [1.807, 2.05) is 0 Å². The van der Waals surface area contributed by atoms with Gasteiger partial charge in [-0.15, -0.1) is 0 Å². The van der Waals surface area contributed by atoms with Crippen LogP contribution in [0.1, 0.15) is 24.8 Å². The van der Waals surface area contributed by atoms with Crippen molar-refractivity contribution in [3.63, 3.8) is 0 Å². The van der Waals surface area contributed by atoms with Gasteiger partial charge in [0.1, 0.15) is 5.75 Å². The van der Waals surface area contributed by atoms with Gasteiger partial charge >= 0.3 is 6.18 Å². The molecule has 0 saturated carbocycles. The van der Waals surface area contributed by atoms with Gasteiger partial charge in [0.05, 0.1) is 10.5 Å². The molecule has 0 spiro atoms. The molecule has 1 saturated heterocycles. The number of anilines is 1. The van der Waals surface area contributed by atoms with Gasteiger partial charge in [-0.2, -0.15) is 17.5 Å². The Morgan fingerprint density at radius 3 is 2.13 bits per heavy atom. The maximum Gasteiger partial charge on any atom is 0.416 e. The minimum Gasteiger partial charge on any atom is -0.484 e. The Hall–Kier alpha value is -2.59. The fourth-order valence-corrected chi connectivity index (χ4v) is 4.57. The zero-order chi connectivity index (χ0) is 21.8. The molecule has 3 rings (SSSR count). The molecule has 2 aromatic rings. The number of halogens is 3. The van der Waals surface area contributed by atoms with Crippen molar-refractivity contribution in [3.8, 4) is 5.75 Å². The molecule has 1 aliphatic heterocycles. The molecule has 1 fully saturated rings. The van der Waals surface area contributed by atoms with E-state index in [0.717, 1.165) is 43.5 Å². The number of carbonyl (C=O) groups is 1. The molecule has 1 amide bonds. The summed E-state index contributed by atoms with van der Waals surface area (Å²) in [5.74, 6) is -0.255. The standard InChI is InChI=1S/C20H21F3N2O4S/c21-20(22,23)15-4-6-16(7-5-15)24-19(26)14-29-17-8-10-18(11-9-17)30(27,28)25-12-2-1-3-13-25/h4-11H,1-3,12-14H2,(H,24,26). The summed E-state index contributed by atoms with van der Waals surface area (Å²) in [5, 5.41) is 2.44.